The van der Waals surface area contributed by atoms with E-state index in [0.717, 1.165) is 18.2 Å². The van der Waals surface area contributed by atoms with Gasteiger partial charge in [-0.3, -0.25) is 0 Å². The predicted molar refractivity (Wildman–Crippen MR) is 76.0 cm³/mol. The largest absolute Gasteiger partial charge is 0.397 e. The Kier molecular flexibility index (Phi) is 5.54. The standard InChI is InChI=1S/C14H22O4Si/c1-4-13(18-10-11-9-17-11)12-7-5-6-8-14(12)19(15-2)16-3/h5-8,11,13,19H,4,9-10H2,1-3H3. The van der Waals surface area contributed by atoms with Crippen LogP contribution < -0.4 is 5.19 Å². The van der Waals surface area contributed by atoms with Gasteiger partial charge in [-0.15, -0.1) is 0 Å². The van der Waals surface area contributed by atoms with E-state index in [-0.39, 0.29) is 6.10 Å². The van der Waals surface area contributed by atoms with Crippen molar-refractivity contribution in [1.82, 2.24) is 0 Å². The fraction of sp³-hybridized carbons (Fsp3) is 0.571. The Labute approximate surface area is 116 Å². The number of hydrogen-bond donors (Lipinski definition) is 0. The predicted octanol–water partition coefficient (Wildman–Crippen LogP) is 1.27. The lowest BCUT2D eigenvalue weighted by molar-refractivity contribution is 0.0399. The highest BCUT2D eigenvalue weighted by molar-refractivity contribution is 6.61. The Morgan fingerprint density at radius 3 is 2.58 bits per heavy atom. The third-order valence-corrected chi connectivity index (χ3v) is 5.17. The van der Waals surface area contributed by atoms with E-state index < -0.39 is 9.28 Å². The van der Waals surface area contributed by atoms with Gasteiger partial charge in [0.1, 0.15) is 6.10 Å². The molecule has 1 aromatic carbocycles. The molecule has 1 heterocycles. The van der Waals surface area contributed by atoms with Gasteiger partial charge in [0.15, 0.2) is 0 Å². The molecule has 106 valence electrons. The lowest BCUT2D eigenvalue weighted by Crippen LogP contribution is -2.38. The summed E-state index contributed by atoms with van der Waals surface area (Å²) in [5, 5.41) is 1.16. The van der Waals surface area contributed by atoms with E-state index in [0.29, 0.717) is 12.7 Å². The second kappa shape index (κ2) is 7.16. The summed E-state index contributed by atoms with van der Waals surface area (Å²) in [4.78, 5) is 0. The fourth-order valence-electron chi connectivity index (χ4n) is 2.18. The van der Waals surface area contributed by atoms with Gasteiger partial charge in [0.05, 0.1) is 19.3 Å². The third kappa shape index (κ3) is 3.87. The van der Waals surface area contributed by atoms with Crippen molar-refractivity contribution in [1.29, 1.82) is 0 Å². The summed E-state index contributed by atoms with van der Waals surface area (Å²) in [6, 6.07) is 8.25. The van der Waals surface area contributed by atoms with Crippen molar-refractivity contribution in [2.24, 2.45) is 0 Å². The SMILES string of the molecule is CCC(OCC1CO1)c1ccccc1[SiH](OC)OC. The molecule has 0 saturated carbocycles. The van der Waals surface area contributed by atoms with Crippen LogP contribution in [-0.2, 0) is 18.3 Å². The van der Waals surface area contributed by atoms with Crippen molar-refractivity contribution in [2.45, 2.75) is 25.6 Å². The van der Waals surface area contributed by atoms with E-state index in [1.807, 2.05) is 12.1 Å². The van der Waals surface area contributed by atoms with Crippen LogP contribution in [0.15, 0.2) is 24.3 Å². The van der Waals surface area contributed by atoms with Crippen LogP contribution in [0.4, 0.5) is 0 Å². The van der Waals surface area contributed by atoms with Gasteiger partial charge in [-0.1, -0.05) is 31.2 Å². The molecule has 0 aromatic heterocycles. The topological polar surface area (TPSA) is 40.2 Å². The van der Waals surface area contributed by atoms with Gasteiger partial charge in [-0.05, 0) is 17.2 Å². The van der Waals surface area contributed by atoms with Gasteiger partial charge in [0.2, 0.25) is 0 Å². The molecule has 1 aliphatic heterocycles. The molecule has 1 aliphatic rings. The zero-order chi connectivity index (χ0) is 13.7. The zero-order valence-corrected chi connectivity index (χ0v) is 13.0. The third-order valence-electron chi connectivity index (χ3n) is 3.28. The van der Waals surface area contributed by atoms with Crippen LogP contribution in [0, 0.1) is 0 Å². The summed E-state index contributed by atoms with van der Waals surface area (Å²) in [7, 11) is 1.61. The molecule has 2 rings (SSSR count). The number of benzene rings is 1. The highest BCUT2D eigenvalue weighted by Gasteiger charge is 2.26. The number of epoxide rings is 1. The zero-order valence-electron chi connectivity index (χ0n) is 11.8. The first-order valence-corrected chi connectivity index (χ1v) is 8.19. The van der Waals surface area contributed by atoms with Gasteiger partial charge >= 0.3 is 9.28 Å². The lowest BCUT2D eigenvalue weighted by atomic mass is 10.1. The van der Waals surface area contributed by atoms with Crippen molar-refractivity contribution >= 4 is 14.5 Å². The fourth-order valence-corrected chi connectivity index (χ4v) is 3.71. The minimum absolute atomic E-state index is 0.0840. The van der Waals surface area contributed by atoms with Crippen LogP contribution in [-0.4, -0.2) is 42.8 Å². The average Bonchev–Trinajstić information content (AvgIpc) is 3.26. The van der Waals surface area contributed by atoms with Crippen LogP contribution in [0.2, 0.25) is 0 Å². The normalized spacial score (nSPS) is 19.7. The molecule has 2 atom stereocenters. The molecule has 4 nitrogen and oxygen atoms in total. The quantitative estimate of drug-likeness (QED) is 0.532. The molecule has 0 spiro atoms. The molecule has 5 heteroatoms. The molecule has 0 amide bonds. The average molecular weight is 282 g/mol. The van der Waals surface area contributed by atoms with Crippen LogP contribution in [0.5, 0.6) is 0 Å². The molecule has 0 bridgehead atoms. The number of hydrogen-bond acceptors (Lipinski definition) is 4. The van der Waals surface area contributed by atoms with E-state index in [4.69, 9.17) is 18.3 Å². The maximum absolute atomic E-state index is 5.97. The van der Waals surface area contributed by atoms with Crippen LogP contribution in [0.25, 0.3) is 0 Å². The summed E-state index contributed by atoms with van der Waals surface area (Å²) in [6.45, 7) is 3.62. The molecule has 2 unspecified atom stereocenters. The monoisotopic (exact) mass is 282 g/mol. The first-order valence-electron chi connectivity index (χ1n) is 6.67. The van der Waals surface area contributed by atoms with Gasteiger partial charge in [-0.25, -0.2) is 0 Å². The lowest BCUT2D eigenvalue weighted by Gasteiger charge is -2.22. The van der Waals surface area contributed by atoms with Crippen molar-refractivity contribution in [3.63, 3.8) is 0 Å². The Bertz CT molecular complexity index is 391. The molecular formula is C14H22O4Si. The van der Waals surface area contributed by atoms with Crippen molar-refractivity contribution in [2.75, 3.05) is 27.4 Å². The van der Waals surface area contributed by atoms with E-state index >= 15 is 0 Å². The van der Waals surface area contributed by atoms with E-state index in [9.17, 15) is 0 Å². The molecule has 0 radical (unpaired) electrons. The van der Waals surface area contributed by atoms with Gasteiger partial charge in [0, 0.05) is 14.2 Å². The minimum atomic E-state index is -1.81. The molecule has 0 N–H and O–H groups in total. The summed E-state index contributed by atoms with van der Waals surface area (Å²) in [6.07, 6.45) is 1.30. The van der Waals surface area contributed by atoms with Crippen molar-refractivity contribution in [3.05, 3.63) is 29.8 Å². The maximum Gasteiger partial charge on any atom is 0.355 e. The van der Waals surface area contributed by atoms with E-state index in [1.165, 1.54) is 5.56 Å². The van der Waals surface area contributed by atoms with Gasteiger partial charge in [0.25, 0.3) is 0 Å². The maximum atomic E-state index is 5.97. The van der Waals surface area contributed by atoms with Crippen molar-refractivity contribution in [3.8, 4) is 0 Å². The van der Waals surface area contributed by atoms with Crippen LogP contribution in [0.1, 0.15) is 25.0 Å². The molecular weight excluding hydrogens is 260 g/mol. The Hall–Kier alpha value is -0.723. The van der Waals surface area contributed by atoms with Crippen LogP contribution >= 0.6 is 0 Å². The molecule has 0 aliphatic carbocycles. The van der Waals surface area contributed by atoms with Crippen LogP contribution in [0.3, 0.4) is 0 Å². The number of rotatable bonds is 8. The molecule has 1 aromatic rings. The highest BCUT2D eigenvalue weighted by atomic mass is 28.3. The Morgan fingerprint density at radius 1 is 1.32 bits per heavy atom. The number of ether oxygens (including phenoxy) is 2. The summed E-state index contributed by atoms with van der Waals surface area (Å²) in [5.74, 6) is 0. The Morgan fingerprint density at radius 2 is 2.00 bits per heavy atom. The first kappa shape index (κ1) is 14.7. The second-order valence-electron chi connectivity index (χ2n) is 4.62. The Balaban J connectivity index is 2.14. The van der Waals surface area contributed by atoms with Gasteiger partial charge < -0.3 is 18.3 Å². The summed E-state index contributed by atoms with van der Waals surface area (Å²) >= 11 is 0. The molecule has 1 fully saturated rings. The van der Waals surface area contributed by atoms with Gasteiger partial charge in [-0.2, -0.15) is 0 Å². The van der Waals surface area contributed by atoms with E-state index in [2.05, 4.69) is 19.1 Å². The van der Waals surface area contributed by atoms with E-state index in [1.54, 1.807) is 14.2 Å². The molecule has 19 heavy (non-hydrogen) atoms. The van der Waals surface area contributed by atoms with Crippen molar-refractivity contribution < 1.29 is 18.3 Å². The smallest absolute Gasteiger partial charge is 0.355 e. The minimum Gasteiger partial charge on any atom is -0.397 e. The first-order chi connectivity index (χ1) is 9.30. The summed E-state index contributed by atoms with van der Waals surface area (Å²) in [5.41, 5.74) is 1.19. The summed E-state index contributed by atoms with van der Waals surface area (Å²) < 4.78 is 22.2. The second-order valence-corrected chi connectivity index (χ2v) is 6.85. The molecule has 1 saturated heterocycles. The highest BCUT2D eigenvalue weighted by Crippen LogP contribution is 2.22.